The topological polar surface area (TPSA) is 33.5 Å². The summed E-state index contributed by atoms with van der Waals surface area (Å²) in [6, 6.07) is 11.8. The van der Waals surface area contributed by atoms with Gasteiger partial charge < -0.3 is 4.42 Å². The van der Waals surface area contributed by atoms with E-state index in [0.717, 1.165) is 22.2 Å². The Morgan fingerprint density at radius 2 is 2.17 bits per heavy atom. The number of benzene rings is 1. The van der Waals surface area contributed by atoms with E-state index in [2.05, 4.69) is 15.9 Å². The number of carbonyl (C=O) groups excluding carboxylic acids is 1. The van der Waals surface area contributed by atoms with E-state index in [0.29, 0.717) is 15.0 Å². The maximum atomic E-state index is 12.5. The van der Waals surface area contributed by atoms with Crippen LogP contribution in [-0.4, -0.2) is 21.2 Å². The maximum Gasteiger partial charge on any atom is 0.266 e. The molecule has 0 aliphatic carbocycles. The second kappa shape index (κ2) is 7.25. The van der Waals surface area contributed by atoms with E-state index in [1.165, 1.54) is 11.8 Å². The summed E-state index contributed by atoms with van der Waals surface area (Å²) in [6.45, 7) is 4.05. The SMILES string of the molecule is CC[C@H](C)N1C(=O)/C(=C/c2ccc(-c3cccc(Br)c3)o2)SC1=S. The number of hydrogen-bond acceptors (Lipinski definition) is 4. The van der Waals surface area contributed by atoms with E-state index >= 15 is 0 Å². The molecular weight excluding hydrogens is 406 g/mol. The minimum Gasteiger partial charge on any atom is -0.457 e. The van der Waals surface area contributed by atoms with Crippen LogP contribution in [0.5, 0.6) is 0 Å². The first kappa shape index (κ1) is 17.5. The summed E-state index contributed by atoms with van der Waals surface area (Å²) in [6.07, 6.45) is 2.64. The van der Waals surface area contributed by atoms with Crippen molar-refractivity contribution < 1.29 is 9.21 Å². The zero-order valence-electron chi connectivity index (χ0n) is 13.3. The molecule has 1 aromatic carbocycles. The van der Waals surface area contributed by atoms with Crippen LogP contribution < -0.4 is 0 Å². The zero-order valence-corrected chi connectivity index (χ0v) is 16.5. The first-order chi connectivity index (χ1) is 11.5. The third-order valence-electron chi connectivity index (χ3n) is 3.86. The van der Waals surface area contributed by atoms with Crippen LogP contribution in [0.25, 0.3) is 17.4 Å². The van der Waals surface area contributed by atoms with Gasteiger partial charge >= 0.3 is 0 Å². The van der Waals surface area contributed by atoms with Crippen molar-refractivity contribution in [3.63, 3.8) is 0 Å². The lowest BCUT2D eigenvalue weighted by atomic mass is 10.2. The molecule has 0 saturated carbocycles. The number of halogens is 1. The molecule has 3 nitrogen and oxygen atoms in total. The van der Waals surface area contributed by atoms with Gasteiger partial charge in [0, 0.05) is 22.2 Å². The van der Waals surface area contributed by atoms with Crippen LogP contribution in [0.2, 0.25) is 0 Å². The Kier molecular flexibility index (Phi) is 5.27. The fraction of sp³-hybridized carbons (Fsp3) is 0.222. The molecule has 1 aliphatic rings. The van der Waals surface area contributed by atoms with Gasteiger partial charge in [0.15, 0.2) is 0 Å². The average molecular weight is 422 g/mol. The van der Waals surface area contributed by atoms with E-state index in [1.54, 1.807) is 11.0 Å². The highest BCUT2D eigenvalue weighted by atomic mass is 79.9. The number of carbonyl (C=O) groups is 1. The fourth-order valence-corrected chi connectivity index (χ4v) is 4.24. The van der Waals surface area contributed by atoms with Gasteiger partial charge in [-0.1, -0.05) is 59.0 Å². The molecule has 6 heteroatoms. The highest BCUT2D eigenvalue weighted by molar-refractivity contribution is 9.10. The molecule has 0 bridgehead atoms. The van der Waals surface area contributed by atoms with Crippen LogP contribution in [0.1, 0.15) is 26.0 Å². The Balaban J connectivity index is 1.85. The molecule has 3 rings (SSSR count). The predicted octanol–water partition coefficient (Wildman–Crippen LogP) is 5.71. The van der Waals surface area contributed by atoms with Gasteiger partial charge in [-0.25, -0.2) is 0 Å². The Labute approximate surface area is 159 Å². The highest BCUT2D eigenvalue weighted by Gasteiger charge is 2.34. The molecule has 1 fully saturated rings. The minimum atomic E-state index is -0.0419. The average Bonchev–Trinajstić information content (AvgIpc) is 3.12. The summed E-state index contributed by atoms with van der Waals surface area (Å²) in [7, 11) is 0. The molecule has 1 amide bonds. The van der Waals surface area contributed by atoms with Crippen molar-refractivity contribution >= 4 is 56.2 Å². The van der Waals surface area contributed by atoms with Crippen molar-refractivity contribution in [1.29, 1.82) is 0 Å². The van der Waals surface area contributed by atoms with E-state index in [-0.39, 0.29) is 11.9 Å². The molecule has 1 atom stereocenters. The Morgan fingerprint density at radius 1 is 1.38 bits per heavy atom. The molecular formula is C18H16BrNO2S2. The zero-order chi connectivity index (χ0) is 17.3. The third kappa shape index (κ3) is 3.50. The number of thiocarbonyl (C=S) groups is 1. The summed E-state index contributed by atoms with van der Waals surface area (Å²) in [5, 5.41) is 0. The predicted molar refractivity (Wildman–Crippen MR) is 107 cm³/mol. The first-order valence-electron chi connectivity index (χ1n) is 7.62. The minimum absolute atomic E-state index is 0.0419. The van der Waals surface area contributed by atoms with Crippen molar-refractivity contribution in [3.05, 3.63) is 51.5 Å². The maximum absolute atomic E-state index is 12.5. The highest BCUT2D eigenvalue weighted by Crippen LogP contribution is 2.35. The number of thioether (sulfide) groups is 1. The molecule has 1 aliphatic heterocycles. The Bertz CT molecular complexity index is 828. The van der Waals surface area contributed by atoms with Crippen LogP contribution in [0.4, 0.5) is 0 Å². The van der Waals surface area contributed by atoms with E-state index in [9.17, 15) is 4.79 Å². The molecule has 1 aromatic heterocycles. The Hall–Kier alpha value is -1.37. The largest absolute Gasteiger partial charge is 0.457 e. The van der Waals surface area contributed by atoms with Gasteiger partial charge in [0.2, 0.25) is 0 Å². The number of hydrogen-bond donors (Lipinski definition) is 0. The summed E-state index contributed by atoms with van der Waals surface area (Å²) in [5.41, 5.74) is 0.983. The fourth-order valence-electron chi connectivity index (χ4n) is 2.40. The summed E-state index contributed by atoms with van der Waals surface area (Å²) in [5.74, 6) is 1.37. The lowest BCUT2D eigenvalue weighted by molar-refractivity contribution is -0.123. The molecule has 0 unspecified atom stereocenters. The van der Waals surface area contributed by atoms with Crippen molar-refractivity contribution in [1.82, 2.24) is 4.90 Å². The number of furan rings is 1. The molecule has 0 radical (unpaired) electrons. The van der Waals surface area contributed by atoms with Gasteiger partial charge in [-0.05, 0) is 37.6 Å². The second-order valence-corrected chi connectivity index (χ2v) is 8.11. The van der Waals surface area contributed by atoms with Crippen LogP contribution in [0.3, 0.4) is 0 Å². The van der Waals surface area contributed by atoms with Crippen LogP contribution in [0.15, 0.2) is 50.2 Å². The first-order valence-corrected chi connectivity index (χ1v) is 9.64. The van der Waals surface area contributed by atoms with Crippen LogP contribution in [0, 0.1) is 0 Å². The smallest absolute Gasteiger partial charge is 0.266 e. The van der Waals surface area contributed by atoms with Crippen molar-refractivity contribution in [3.8, 4) is 11.3 Å². The molecule has 24 heavy (non-hydrogen) atoms. The Morgan fingerprint density at radius 3 is 2.88 bits per heavy atom. The number of rotatable bonds is 4. The third-order valence-corrected chi connectivity index (χ3v) is 5.69. The lowest BCUT2D eigenvalue weighted by Gasteiger charge is -2.21. The monoisotopic (exact) mass is 421 g/mol. The summed E-state index contributed by atoms with van der Waals surface area (Å²) >= 11 is 10.1. The molecule has 2 aromatic rings. The standard InChI is InChI=1S/C18H16BrNO2S2/c1-3-11(2)20-17(21)16(24-18(20)23)10-14-7-8-15(22-14)12-5-4-6-13(19)9-12/h4-11H,3H2,1-2H3/b16-10-/t11-/m0/s1. The van der Waals surface area contributed by atoms with Crippen LogP contribution in [-0.2, 0) is 4.79 Å². The quantitative estimate of drug-likeness (QED) is 0.467. The van der Waals surface area contributed by atoms with Crippen molar-refractivity contribution in [2.45, 2.75) is 26.3 Å². The number of amides is 1. The van der Waals surface area contributed by atoms with Gasteiger partial charge in [0.05, 0.1) is 4.91 Å². The van der Waals surface area contributed by atoms with Gasteiger partial charge in [-0.3, -0.25) is 9.69 Å². The normalized spacial score (nSPS) is 17.8. The summed E-state index contributed by atoms with van der Waals surface area (Å²) < 4.78 is 7.47. The molecule has 124 valence electrons. The van der Waals surface area contributed by atoms with Gasteiger partial charge in [0.1, 0.15) is 15.8 Å². The van der Waals surface area contributed by atoms with E-state index in [1.807, 2.05) is 50.2 Å². The van der Waals surface area contributed by atoms with E-state index < -0.39 is 0 Å². The molecule has 1 saturated heterocycles. The lowest BCUT2D eigenvalue weighted by Crippen LogP contribution is -2.36. The van der Waals surface area contributed by atoms with Gasteiger partial charge in [-0.15, -0.1) is 0 Å². The van der Waals surface area contributed by atoms with Crippen molar-refractivity contribution in [2.75, 3.05) is 0 Å². The van der Waals surface area contributed by atoms with Crippen molar-refractivity contribution in [2.24, 2.45) is 0 Å². The van der Waals surface area contributed by atoms with Crippen LogP contribution >= 0.6 is 39.9 Å². The van der Waals surface area contributed by atoms with Gasteiger partial charge in [-0.2, -0.15) is 0 Å². The number of nitrogens with zero attached hydrogens (tertiary/aromatic N) is 1. The second-order valence-electron chi connectivity index (χ2n) is 5.52. The summed E-state index contributed by atoms with van der Waals surface area (Å²) in [4.78, 5) is 14.8. The van der Waals surface area contributed by atoms with E-state index in [4.69, 9.17) is 16.6 Å². The molecule has 2 heterocycles. The molecule has 0 N–H and O–H groups in total. The molecule has 0 spiro atoms. The van der Waals surface area contributed by atoms with Gasteiger partial charge in [0.25, 0.3) is 5.91 Å².